The Morgan fingerprint density at radius 1 is 0.920 bits per heavy atom. The van der Waals surface area contributed by atoms with E-state index in [1.54, 1.807) is 18.2 Å². The van der Waals surface area contributed by atoms with Gasteiger partial charge in [0, 0.05) is 11.6 Å². The van der Waals surface area contributed by atoms with Crippen molar-refractivity contribution < 1.29 is 5.11 Å². The highest BCUT2D eigenvalue weighted by atomic mass is 16.3. The summed E-state index contributed by atoms with van der Waals surface area (Å²) in [6.45, 7) is 0. The highest BCUT2D eigenvalue weighted by molar-refractivity contribution is 5.81. The molecule has 1 aliphatic rings. The van der Waals surface area contributed by atoms with Crippen LogP contribution in [0.5, 0.6) is 5.75 Å². The molecule has 124 valence electrons. The third-order valence-electron chi connectivity index (χ3n) is 4.20. The number of hydrogen-bond acceptors (Lipinski definition) is 4. The maximum absolute atomic E-state index is 12.4. The van der Waals surface area contributed by atoms with Gasteiger partial charge in [0.2, 0.25) is 0 Å². The fraction of sp³-hybridized carbons (Fsp3) is 0.0526. The second-order valence-electron chi connectivity index (χ2n) is 5.84. The second kappa shape index (κ2) is 5.83. The van der Waals surface area contributed by atoms with Crippen LogP contribution < -0.4 is 16.6 Å². The standard InChI is InChI=1S/C19H15N3O3/c23-13-8-4-7-12(9-13)14-10-15(11-5-2-1-3-6-11)20-17-16(14)18(24)22-19(25)21-17/h1-10,14,23H,(H3,20,21,22,24,25). The lowest BCUT2D eigenvalue weighted by Gasteiger charge is -2.25. The summed E-state index contributed by atoms with van der Waals surface area (Å²) in [4.78, 5) is 29.0. The van der Waals surface area contributed by atoms with Crippen molar-refractivity contribution in [2.45, 2.75) is 5.92 Å². The Kier molecular flexibility index (Phi) is 3.50. The normalized spacial score (nSPS) is 15.8. The van der Waals surface area contributed by atoms with E-state index in [0.29, 0.717) is 11.4 Å². The van der Waals surface area contributed by atoms with Gasteiger partial charge in [-0.3, -0.25) is 14.8 Å². The first-order valence-corrected chi connectivity index (χ1v) is 7.81. The van der Waals surface area contributed by atoms with Gasteiger partial charge in [0.05, 0.1) is 5.56 Å². The third kappa shape index (κ3) is 2.74. The van der Waals surface area contributed by atoms with E-state index in [-0.39, 0.29) is 5.75 Å². The molecule has 0 fully saturated rings. The van der Waals surface area contributed by atoms with Crippen molar-refractivity contribution in [3.8, 4) is 5.75 Å². The number of hydrogen-bond donors (Lipinski definition) is 4. The Morgan fingerprint density at radius 3 is 2.48 bits per heavy atom. The molecule has 0 saturated heterocycles. The zero-order chi connectivity index (χ0) is 17.4. The summed E-state index contributed by atoms with van der Waals surface area (Å²) in [5.41, 5.74) is 1.85. The number of aromatic nitrogens is 2. The lowest BCUT2D eigenvalue weighted by molar-refractivity contribution is 0.474. The number of phenols is 1. The number of nitrogens with one attached hydrogen (secondary N) is 3. The average Bonchev–Trinajstić information content (AvgIpc) is 2.61. The van der Waals surface area contributed by atoms with Gasteiger partial charge in [0.25, 0.3) is 5.56 Å². The summed E-state index contributed by atoms with van der Waals surface area (Å²) < 4.78 is 0. The van der Waals surface area contributed by atoms with E-state index in [4.69, 9.17) is 0 Å². The molecule has 2 aromatic carbocycles. The summed E-state index contributed by atoms with van der Waals surface area (Å²) in [6.07, 6.45) is 1.92. The molecule has 0 saturated carbocycles. The van der Waals surface area contributed by atoms with Crippen molar-refractivity contribution in [2.24, 2.45) is 0 Å². The molecule has 1 unspecified atom stereocenters. The van der Waals surface area contributed by atoms with Gasteiger partial charge in [-0.25, -0.2) is 4.79 Å². The van der Waals surface area contributed by atoms with Crippen molar-refractivity contribution in [2.75, 3.05) is 5.32 Å². The lowest BCUT2D eigenvalue weighted by Crippen LogP contribution is -2.31. The number of aromatic hydroxyl groups is 1. The van der Waals surface area contributed by atoms with Crippen molar-refractivity contribution in [3.63, 3.8) is 0 Å². The SMILES string of the molecule is O=c1[nH]c2c(c(=O)[nH]1)C(c1cccc(O)c1)C=C(c1ccccc1)N2. The van der Waals surface area contributed by atoms with Crippen LogP contribution in [0.1, 0.15) is 22.6 Å². The molecule has 0 radical (unpaired) electrons. The van der Waals surface area contributed by atoms with Gasteiger partial charge in [-0.1, -0.05) is 42.5 Å². The Morgan fingerprint density at radius 2 is 1.72 bits per heavy atom. The summed E-state index contributed by atoms with van der Waals surface area (Å²) in [5, 5.41) is 12.9. The van der Waals surface area contributed by atoms with Crippen LogP contribution in [-0.2, 0) is 0 Å². The minimum absolute atomic E-state index is 0.119. The highest BCUT2D eigenvalue weighted by Crippen LogP contribution is 2.36. The van der Waals surface area contributed by atoms with E-state index in [2.05, 4.69) is 15.3 Å². The topological polar surface area (TPSA) is 98.0 Å². The van der Waals surface area contributed by atoms with Gasteiger partial charge in [-0.15, -0.1) is 0 Å². The molecule has 3 aromatic rings. The number of aromatic amines is 2. The molecule has 4 rings (SSSR count). The van der Waals surface area contributed by atoms with E-state index >= 15 is 0 Å². The highest BCUT2D eigenvalue weighted by Gasteiger charge is 2.26. The van der Waals surface area contributed by atoms with Crippen molar-refractivity contribution in [3.05, 3.63) is 98.2 Å². The van der Waals surface area contributed by atoms with Crippen LogP contribution in [0.3, 0.4) is 0 Å². The average molecular weight is 333 g/mol. The van der Waals surface area contributed by atoms with Gasteiger partial charge in [-0.2, -0.15) is 0 Å². The number of fused-ring (bicyclic) bond motifs is 1. The van der Waals surface area contributed by atoms with Gasteiger partial charge >= 0.3 is 5.69 Å². The second-order valence-corrected chi connectivity index (χ2v) is 5.84. The Hall–Kier alpha value is -3.54. The molecule has 0 aliphatic carbocycles. The van der Waals surface area contributed by atoms with E-state index in [1.807, 2.05) is 42.5 Å². The number of benzene rings is 2. The van der Waals surface area contributed by atoms with E-state index in [1.165, 1.54) is 0 Å². The number of rotatable bonds is 2. The van der Waals surface area contributed by atoms with Gasteiger partial charge in [0.1, 0.15) is 11.6 Å². The summed E-state index contributed by atoms with van der Waals surface area (Å²) in [5.74, 6) is 0.0794. The first-order chi connectivity index (χ1) is 12.1. The van der Waals surface area contributed by atoms with E-state index < -0.39 is 17.2 Å². The van der Waals surface area contributed by atoms with Crippen molar-refractivity contribution in [1.29, 1.82) is 0 Å². The molecule has 6 nitrogen and oxygen atoms in total. The largest absolute Gasteiger partial charge is 0.508 e. The van der Waals surface area contributed by atoms with Crippen LogP contribution in [0.4, 0.5) is 5.82 Å². The molecule has 1 aliphatic heterocycles. The fourth-order valence-electron chi connectivity index (χ4n) is 3.08. The Labute approximate surface area is 142 Å². The van der Waals surface area contributed by atoms with Gasteiger partial charge in [0.15, 0.2) is 0 Å². The molecule has 25 heavy (non-hydrogen) atoms. The van der Waals surface area contributed by atoms with Crippen molar-refractivity contribution >= 4 is 11.5 Å². The molecule has 2 heterocycles. The number of phenolic OH excluding ortho intramolecular Hbond substituents is 1. The first-order valence-electron chi connectivity index (χ1n) is 7.81. The molecular weight excluding hydrogens is 318 g/mol. The van der Waals surface area contributed by atoms with Crippen LogP contribution >= 0.6 is 0 Å². The van der Waals surface area contributed by atoms with Crippen LogP contribution in [-0.4, -0.2) is 15.1 Å². The van der Waals surface area contributed by atoms with Gasteiger partial charge in [-0.05, 0) is 29.3 Å². The zero-order valence-electron chi connectivity index (χ0n) is 13.1. The van der Waals surface area contributed by atoms with E-state index in [9.17, 15) is 14.7 Å². The fourth-order valence-corrected chi connectivity index (χ4v) is 3.08. The third-order valence-corrected chi connectivity index (χ3v) is 4.20. The minimum Gasteiger partial charge on any atom is -0.508 e. The zero-order valence-corrected chi connectivity index (χ0v) is 13.1. The van der Waals surface area contributed by atoms with Crippen LogP contribution in [0.2, 0.25) is 0 Å². The number of allylic oxidation sites excluding steroid dienone is 1. The van der Waals surface area contributed by atoms with E-state index in [0.717, 1.165) is 16.8 Å². The minimum atomic E-state index is -0.569. The molecule has 6 heteroatoms. The summed E-state index contributed by atoms with van der Waals surface area (Å²) in [7, 11) is 0. The number of anilines is 1. The maximum Gasteiger partial charge on any atom is 0.327 e. The first kappa shape index (κ1) is 15.0. The quantitative estimate of drug-likeness (QED) is 0.579. The maximum atomic E-state index is 12.4. The molecule has 0 spiro atoms. The smallest absolute Gasteiger partial charge is 0.327 e. The predicted molar refractivity (Wildman–Crippen MR) is 95.7 cm³/mol. The summed E-state index contributed by atoms with van der Waals surface area (Å²) >= 11 is 0. The lowest BCUT2D eigenvalue weighted by atomic mass is 9.88. The molecular formula is C19H15N3O3. The molecule has 1 aromatic heterocycles. The monoisotopic (exact) mass is 333 g/mol. The van der Waals surface area contributed by atoms with Crippen LogP contribution in [0.25, 0.3) is 5.70 Å². The van der Waals surface area contributed by atoms with Crippen LogP contribution in [0, 0.1) is 0 Å². The number of H-pyrrole nitrogens is 2. The molecule has 1 atom stereocenters. The predicted octanol–water partition coefficient (Wildman–Crippen LogP) is 2.37. The van der Waals surface area contributed by atoms with Crippen LogP contribution in [0.15, 0.2) is 70.3 Å². The summed E-state index contributed by atoms with van der Waals surface area (Å²) in [6, 6.07) is 16.4. The molecule has 0 bridgehead atoms. The molecule has 4 N–H and O–H groups in total. The van der Waals surface area contributed by atoms with Crippen molar-refractivity contribution in [1.82, 2.24) is 9.97 Å². The molecule has 0 amide bonds. The van der Waals surface area contributed by atoms with Gasteiger partial charge < -0.3 is 10.4 Å². The Bertz CT molecular complexity index is 1080. The Balaban J connectivity index is 1.95.